The van der Waals surface area contributed by atoms with E-state index >= 15 is 0 Å². The van der Waals surface area contributed by atoms with E-state index in [-0.39, 0.29) is 5.41 Å². The number of likely N-dealkylation sites (tertiary alicyclic amines) is 1. The number of hydrogen-bond acceptors (Lipinski definition) is 2. The summed E-state index contributed by atoms with van der Waals surface area (Å²) in [6.07, 6.45) is 0.448. The Bertz CT molecular complexity index is 358. The molecule has 2 heteroatoms. The first kappa shape index (κ1) is 12.6. The zero-order valence-corrected chi connectivity index (χ0v) is 11.4. The normalized spacial score (nSPS) is 18.1. The van der Waals surface area contributed by atoms with Gasteiger partial charge in [0.25, 0.3) is 0 Å². The van der Waals surface area contributed by atoms with Crippen LogP contribution in [0.15, 0.2) is 24.3 Å². The molecule has 0 N–H and O–H groups in total. The Labute approximate surface area is 105 Å². The average Bonchev–Trinajstić information content (AvgIpc) is 2.22. The summed E-state index contributed by atoms with van der Waals surface area (Å²) in [6.45, 7) is 9.93. The van der Waals surface area contributed by atoms with Crippen molar-refractivity contribution in [3.05, 3.63) is 35.4 Å². The maximum atomic E-state index is 5.28. The van der Waals surface area contributed by atoms with Crippen LogP contribution in [0.5, 0.6) is 0 Å². The fourth-order valence-electron chi connectivity index (χ4n) is 2.17. The van der Waals surface area contributed by atoms with Gasteiger partial charge in [-0.2, -0.15) is 0 Å². The molecule has 0 aliphatic carbocycles. The lowest BCUT2D eigenvalue weighted by atomic mass is 9.86. The highest BCUT2D eigenvalue weighted by Crippen LogP contribution is 2.23. The Balaban J connectivity index is 1.91. The van der Waals surface area contributed by atoms with Gasteiger partial charge in [-0.25, -0.2) is 0 Å². The molecule has 0 atom stereocenters. The van der Waals surface area contributed by atoms with Crippen molar-refractivity contribution in [1.82, 2.24) is 4.90 Å². The molecule has 1 aliphatic rings. The monoisotopic (exact) mass is 233 g/mol. The number of nitrogens with zero attached hydrogens (tertiary/aromatic N) is 1. The maximum absolute atomic E-state index is 5.28. The van der Waals surface area contributed by atoms with Crippen LogP contribution in [0, 0.1) is 0 Å². The summed E-state index contributed by atoms with van der Waals surface area (Å²) in [7, 11) is 1.79. The van der Waals surface area contributed by atoms with Gasteiger partial charge in [-0.3, -0.25) is 4.90 Å². The van der Waals surface area contributed by atoms with Crippen LogP contribution >= 0.6 is 0 Å². The van der Waals surface area contributed by atoms with Gasteiger partial charge < -0.3 is 4.74 Å². The number of hydrogen-bond donors (Lipinski definition) is 0. The minimum atomic E-state index is 0.246. The smallest absolute Gasteiger partial charge is 0.0825 e. The van der Waals surface area contributed by atoms with Gasteiger partial charge in [0.2, 0.25) is 0 Å². The van der Waals surface area contributed by atoms with E-state index in [0.29, 0.717) is 6.10 Å². The summed E-state index contributed by atoms with van der Waals surface area (Å²) in [4.78, 5) is 2.42. The molecule has 1 fully saturated rings. The molecular formula is C15H23NO. The van der Waals surface area contributed by atoms with Gasteiger partial charge in [0, 0.05) is 26.7 Å². The van der Waals surface area contributed by atoms with Gasteiger partial charge in [0.15, 0.2) is 0 Å². The minimum Gasteiger partial charge on any atom is -0.379 e. The van der Waals surface area contributed by atoms with Crippen LogP contribution in [0.3, 0.4) is 0 Å². The molecule has 1 heterocycles. The Hall–Kier alpha value is -0.860. The van der Waals surface area contributed by atoms with Gasteiger partial charge in [0.05, 0.1) is 6.10 Å². The fourth-order valence-corrected chi connectivity index (χ4v) is 2.17. The molecule has 0 saturated carbocycles. The fraction of sp³-hybridized carbons (Fsp3) is 0.600. The van der Waals surface area contributed by atoms with E-state index in [9.17, 15) is 0 Å². The van der Waals surface area contributed by atoms with E-state index in [1.165, 1.54) is 11.1 Å². The molecule has 0 aromatic heterocycles. The lowest BCUT2D eigenvalue weighted by Crippen LogP contribution is -2.50. The molecule has 1 aliphatic heterocycles. The highest BCUT2D eigenvalue weighted by Gasteiger charge is 2.25. The molecule has 1 aromatic rings. The van der Waals surface area contributed by atoms with Crippen LogP contribution in [0.2, 0.25) is 0 Å². The molecule has 0 amide bonds. The third-order valence-electron chi connectivity index (χ3n) is 3.48. The van der Waals surface area contributed by atoms with Crippen LogP contribution < -0.4 is 0 Å². The molecule has 0 radical (unpaired) electrons. The summed E-state index contributed by atoms with van der Waals surface area (Å²) < 4.78 is 5.28. The molecule has 17 heavy (non-hydrogen) atoms. The lowest BCUT2D eigenvalue weighted by Gasteiger charge is -2.38. The summed E-state index contributed by atoms with van der Waals surface area (Å²) in [5, 5.41) is 0. The molecule has 2 nitrogen and oxygen atoms in total. The summed E-state index contributed by atoms with van der Waals surface area (Å²) >= 11 is 0. The van der Waals surface area contributed by atoms with Crippen molar-refractivity contribution in [2.75, 3.05) is 20.2 Å². The zero-order valence-electron chi connectivity index (χ0n) is 11.4. The maximum Gasteiger partial charge on any atom is 0.0825 e. The molecule has 0 unspecified atom stereocenters. The van der Waals surface area contributed by atoms with Crippen molar-refractivity contribution in [1.29, 1.82) is 0 Å². The van der Waals surface area contributed by atoms with E-state index in [1.54, 1.807) is 7.11 Å². The molecule has 2 rings (SSSR count). The number of methoxy groups -OCH3 is 1. The largest absolute Gasteiger partial charge is 0.379 e. The van der Waals surface area contributed by atoms with Gasteiger partial charge in [-0.1, -0.05) is 45.0 Å². The summed E-state index contributed by atoms with van der Waals surface area (Å²) in [6, 6.07) is 9.01. The molecular weight excluding hydrogens is 210 g/mol. The van der Waals surface area contributed by atoms with Crippen molar-refractivity contribution in [2.45, 2.75) is 38.8 Å². The van der Waals surface area contributed by atoms with Gasteiger partial charge in [0.1, 0.15) is 0 Å². The zero-order chi connectivity index (χ0) is 12.5. The minimum absolute atomic E-state index is 0.246. The average molecular weight is 233 g/mol. The molecule has 94 valence electrons. The third-order valence-corrected chi connectivity index (χ3v) is 3.48. The van der Waals surface area contributed by atoms with Crippen LogP contribution in [0.4, 0.5) is 0 Å². The molecule has 1 saturated heterocycles. The van der Waals surface area contributed by atoms with Gasteiger partial charge in [-0.15, -0.1) is 0 Å². The highest BCUT2D eigenvalue weighted by molar-refractivity contribution is 5.27. The molecule has 0 spiro atoms. The van der Waals surface area contributed by atoms with Crippen molar-refractivity contribution in [3.8, 4) is 0 Å². The Morgan fingerprint density at radius 3 is 2.24 bits per heavy atom. The predicted molar refractivity (Wildman–Crippen MR) is 71.2 cm³/mol. The van der Waals surface area contributed by atoms with Crippen molar-refractivity contribution in [2.24, 2.45) is 0 Å². The number of ether oxygens (including phenoxy) is 1. The first-order valence-electron chi connectivity index (χ1n) is 6.33. The van der Waals surface area contributed by atoms with E-state index in [1.807, 2.05) is 0 Å². The lowest BCUT2D eigenvalue weighted by molar-refractivity contribution is -0.0334. The van der Waals surface area contributed by atoms with E-state index < -0.39 is 0 Å². The number of benzene rings is 1. The molecule has 0 bridgehead atoms. The third kappa shape index (κ3) is 3.08. The predicted octanol–water partition coefficient (Wildman–Crippen LogP) is 2.81. The topological polar surface area (TPSA) is 12.5 Å². The van der Waals surface area contributed by atoms with E-state index in [2.05, 4.69) is 49.9 Å². The molecule has 1 aromatic carbocycles. The Morgan fingerprint density at radius 2 is 1.76 bits per heavy atom. The van der Waals surface area contributed by atoms with E-state index in [4.69, 9.17) is 4.74 Å². The van der Waals surface area contributed by atoms with Crippen LogP contribution in [-0.4, -0.2) is 31.2 Å². The second-order valence-corrected chi connectivity index (χ2v) is 6.00. The standard InChI is InChI=1S/C15H23NO/c1-15(2,3)13-7-5-12(6-8-13)9-16-10-14(11-16)17-4/h5-8,14H,9-11H2,1-4H3. The Kier molecular flexibility index (Phi) is 3.55. The van der Waals surface area contributed by atoms with E-state index in [0.717, 1.165) is 19.6 Å². The van der Waals surface area contributed by atoms with Crippen LogP contribution in [0.25, 0.3) is 0 Å². The van der Waals surface area contributed by atoms with Crippen molar-refractivity contribution < 1.29 is 4.74 Å². The second kappa shape index (κ2) is 4.79. The summed E-state index contributed by atoms with van der Waals surface area (Å²) in [5.74, 6) is 0. The second-order valence-electron chi connectivity index (χ2n) is 6.00. The SMILES string of the molecule is COC1CN(Cc2ccc(C(C)(C)C)cc2)C1. The number of rotatable bonds is 3. The van der Waals surface area contributed by atoms with Gasteiger partial charge >= 0.3 is 0 Å². The summed E-state index contributed by atoms with van der Waals surface area (Å²) in [5.41, 5.74) is 3.04. The van der Waals surface area contributed by atoms with Gasteiger partial charge in [-0.05, 0) is 16.5 Å². The first-order chi connectivity index (χ1) is 7.99. The first-order valence-corrected chi connectivity index (χ1v) is 6.33. The van der Waals surface area contributed by atoms with Crippen molar-refractivity contribution >= 4 is 0 Å². The van der Waals surface area contributed by atoms with Crippen molar-refractivity contribution in [3.63, 3.8) is 0 Å². The highest BCUT2D eigenvalue weighted by atomic mass is 16.5. The quantitative estimate of drug-likeness (QED) is 0.796. The van der Waals surface area contributed by atoms with Crippen LogP contribution in [0.1, 0.15) is 31.9 Å². The van der Waals surface area contributed by atoms with Crippen LogP contribution in [-0.2, 0) is 16.7 Å². The Morgan fingerprint density at radius 1 is 1.18 bits per heavy atom.